The van der Waals surface area contributed by atoms with Gasteiger partial charge < -0.3 is 14.4 Å². The molecule has 1 heterocycles. The minimum Gasteiger partial charge on any atom is -0.486 e. The molecule has 4 nitrogen and oxygen atoms in total. The minimum atomic E-state index is -0.577. The Morgan fingerprint density at radius 2 is 2.03 bits per heavy atom. The maximum atomic E-state index is 13.4. The van der Waals surface area contributed by atoms with E-state index in [4.69, 9.17) is 14.5 Å². The summed E-state index contributed by atoms with van der Waals surface area (Å²) in [7, 11) is 2.08. The van der Waals surface area contributed by atoms with Gasteiger partial charge in [0, 0.05) is 43.4 Å². The van der Waals surface area contributed by atoms with Crippen molar-refractivity contribution in [3.63, 3.8) is 0 Å². The molecule has 162 valence electrons. The molecular formula is C25H33FN2O2. The second-order valence-electron chi connectivity index (χ2n) is 7.76. The molecule has 1 aliphatic carbocycles. The zero-order chi connectivity index (χ0) is 21.3. The lowest BCUT2D eigenvalue weighted by molar-refractivity contribution is 0.00566. The molecule has 0 amide bonds. The molecule has 1 unspecified atom stereocenters. The quantitative estimate of drug-likeness (QED) is 0.453. The van der Waals surface area contributed by atoms with Crippen molar-refractivity contribution >= 4 is 11.4 Å². The van der Waals surface area contributed by atoms with Crippen LogP contribution in [-0.4, -0.2) is 45.3 Å². The van der Waals surface area contributed by atoms with Gasteiger partial charge in [0.1, 0.15) is 12.4 Å². The van der Waals surface area contributed by atoms with Crippen LogP contribution in [0.25, 0.3) is 0 Å². The van der Waals surface area contributed by atoms with Gasteiger partial charge in [0.05, 0.1) is 18.0 Å². The van der Waals surface area contributed by atoms with Crippen molar-refractivity contribution in [1.82, 2.24) is 0 Å². The predicted octanol–water partition coefficient (Wildman–Crippen LogP) is 5.46. The number of hydrogen-bond donors (Lipinski definition) is 0. The number of aliphatic imine (C=N–C) groups is 1. The fourth-order valence-electron chi connectivity index (χ4n) is 3.43. The summed E-state index contributed by atoms with van der Waals surface area (Å²) >= 11 is 0. The summed E-state index contributed by atoms with van der Waals surface area (Å²) in [6, 6.07) is 8.45. The normalized spacial score (nSPS) is 18.8. The topological polar surface area (TPSA) is 34.1 Å². The standard InChI is InChI=1S/C25H33FN2O2/c1-4-6-15-29-18-23(17-26)30-22-13-9-20-10-14-24(27-25(20)16-22)19-7-11-21(12-8-19)28(3)5-2/h7-8,10-14,16,20,23H,4-6,9,15,17-18H2,1-3H3/t20-,23?/m0/s1. The highest BCUT2D eigenvalue weighted by Crippen LogP contribution is 2.31. The Hall–Kier alpha value is -2.40. The lowest BCUT2D eigenvalue weighted by Gasteiger charge is -2.24. The first-order valence-corrected chi connectivity index (χ1v) is 10.9. The first kappa shape index (κ1) is 22.3. The maximum Gasteiger partial charge on any atom is 0.150 e. The molecule has 5 heteroatoms. The van der Waals surface area contributed by atoms with Crippen LogP contribution in [0.15, 0.2) is 65.0 Å². The van der Waals surface area contributed by atoms with E-state index in [1.54, 1.807) is 0 Å². The second kappa shape index (κ2) is 11.1. The first-order valence-electron chi connectivity index (χ1n) is 10.9. The molecule has 0 saturated carbocycles. The highest BCUT2D eigenvalue weighted by molar-refractivity contribution is 6.10. The summed E-state index contributed by atoms with van der Waals surface area (Å²) in [6.45, 7) is 5.55. The van der Waals surface area contributed by atoms with Gasteiger partial charge in [0.15, 0.2) is 6.10 Å². The number of alkyl halides is 1. The van der Waals surface area contributed by atoms with E-state index in [1.165, 1.54) is 5.69 Å². The smallest absolute Gasteiger partial charge is 0.150 e. The van der Waals surface area contributed by atoms with Crippen molar-refractivity contribution in [2.45, 2.75) is 39.2 Å². The molecule has 1 aliphatic heterocycles. The van der Waals surface area contributed by atoms with Crippen LogP contribution in [-0.2, 0) is 9.47 Å². The summed E-state index contributed by atoms with van der Waals surface area (Å²) in [6.07, 6.45) is 10.5. The Bertz CT molecular complexity index is 811. The molecule has 0 aromatic heterocycles. The van der Waals surface area contributed by atoms with Crippen molar-refractivity contribution in [2.75, 3.05) is 38.4 Å². The molecule has 0 bridgehead atoms. The van der Waals surface area contributed by atoms with Gasteiger partial charge in [-0.2, -0.15) is 0 Å². The zero-order valence-electron chi connectivity index (χ0n) is 18.3. The molecule has 1 aromatic carbocycles. The molecule has 0 spiro atoms. The summed E-state index contributed by atoms with van der Waals surface area (Å²) in [4.78, 5) is 7.07. The second-order valence-corrected chi connectivity index (χ2v) is 7.76. The number of dihydropyridines is 1. The Kier molecular flexibility index (Phi) is 8.26. The Balaban J connectivity index is 1.66. The molecule has 2 aliphatic rings. The van der Waals surface area contributed by atoms with E-state index in [-0.39, 0.29) is 12.5 Å². The van der Waals surface area contributed by atoms with Crippen molar-refractivity contribution in [1.29, 1.82) is 0 Å². The van der Waals surface area contributed by atoms with Crippen LogP contribution in [0.1, 0.15) is 38.7 Å². The number of nitrogens with zero attached hydrogens (tertiary/aromatic N) is 2. The number of hydrogen-bond acceptors (Lipinski definition) is 4. The number of ether oxygens (including phenoxy) is 2. The van der Waals surface area contributed by atoms with Crippen LogP contribution in [0.2, 0.25) is 0 Å². The van der Waals surface area contributed by atoms with Gasteiger partial charge >= 0.3 is 0 Å². The molecule has 0 fully saturated rings. The lowest BCUT2D eigenvalue weighted by atomic mass is 9.92. The number of benzene rings is 1. The number of halogens is 1. The van der Waals surface area contributed by atoms with Crippen molar-refractivity contribution < 1.29 is 13.9 Å². The first-order chi connectivity index (χ1) is 14.6. The van der Waals surface area contributed by atoms with E-state index >= 15 is 0 Å². The lowest BCUT2D eigenvalue weighted by Crippen LogP contribution is -2.23. The summed E-state index contributed by atoms with van der Waals surface area (Å²) in [5, 5.41) is 0. The largest absolute Gasteiger partial charge is 0.486 e. The highest BCUT2D eigenvalue weighted by atomic mass is 19.1. The predicted molar refractivity (Wildman–Crippen MR) is 122 cm³/mol. The van der Waals surface area contributed by atoms with Gasteiger partial charge in [-0.15, -0.1) is 0 Å². The molecule has 2 atom stereocenters. The number of anilines is 1. The van der Waals surface area contributed by atoms with Gasteiger partial charge in [0.2, 0.25) is 0 Å². The van der Waals surface area contributed by atoms with E-state index in [1.807, 2.05) is 12.2 Å². The zero-order valence-corrected chi connectivity index (χ0v) is 18.3. The Morgan fingerprint density at radius 3 is 2.73 bits per heavy atom. The van der Waals surface area contributed by atoms with Crippen LogP contribution < -0.4 is 4.90 Å². The molecular weight excluding hydrogens is 379 g/mol. The number of unbranched alkanes of at least 4 members (excludes halogenated alkanes) is 1. The van der Waals surface area contributed by atoms with E-state index < -0.39 is 12.8 Å². The summed E-state index contributed by atoms with van der Waals surface area (Å²) < 4.78 is 24.7. The van der Waals surface area contributed by atoms with Gasteiger partial charge in [0.25, 0.3) is 0 Å². The molecule has 0 N–H and O–H groups in total. The SMILES string of the molecule is CCCCOCC(CF)OC1=CC[C@H]2C=CC(c3ccc(N(C)CC)cc3)=NC2=C1. The summed E-state index contributed by atoms with van der Waals surface area (Å²) in [5.41, 5.74) is 4.17. The van der Waals surface area contributed by atoms with Crippen LogP contribution >= 0.6 is 0 Å². The maximum absolute atomic E-state index is 13.4. The van der Waals surface area contributed by atoms with Gasteiger partial charge in [-0.05, 0) is 44.1 Å². The Labute approximate surface area is 179 Å². The van der Waals surface area contributed by atoms with Gasteiger partial charge in [-0.25, -0.2) is 4.39 Å². The third-order valence-electron chi connectivity index (χ3n) is 5.48. The number of fused-ring (bicyclic) bond motifs is 1. The van der Waals surface area contributed by atoms with Crippen molar-refractivity contribution in [3.05, 3.63) is 65.6 Å². The van der Waals surface area contributed by atoms with E-state index in [0.717, 1.165) is 42.8 Å². The van der Waals surface area contributed by atoms with Crippen molar-refractivity contribution in [2.24, 2.45) is 10.9 Å². The van der Waals surface area contributed by atoms with E-state index in [0.29, 0.717) is 12.4 Å². The van der Waals surface area contributed by atoms with Crippen LogP contribution in [0.5, 0.6) is 0 Å². The third-order valence-corrected chi connectivity index (χ3v) is 5.48. The monoisotopic (exact) mass is 412 g/mol. The van der Waals surface area contributed by atoms with Crippen molar-refractivity contribution in [3.8, 4) is 0 Å². The average Bonchev–Trinajstić information content (AvgIpc) is 2.80. The number of rotatable bonds is 11. The molecule has 30 heavy (non-hydrogen) atoms. The average molecular weight is 413 g/mol. The van der Waals surface area contributed by atoms with Crippen LogP contribution in [0.4, 0.5) is 10.1 Å². The molecule has 3 rings (SSSR count). The third kappa shape index (κ3) is 5.82. The molecule has 0 saturated heterocycles. The molecule has 0 radical (unpaired) electrons. The van der Waals surface area contributed by atoms with Gasteiger partial charge in [-0.3, -0.25) is 4.99 Å². The molecule has 1 aromatic rings. The number of allylic oxidation sites excluding steroid dienone is 4. The highest BCUT2D eigenvalue weighted by Gasteiger charge is 2.22. The van der Waals surface area contributed by atoms with Crippen LogP contribution in [0.3, 0.4) is 0 Å². The fraction of sp³-hybridized carbons (Fsp3) is 0.480. The van der Waals surface area contributed by atoms with Crippen LogP contribution in [0, 0.1) is 5.92 Å². The van der Waals surface area contributed by atoms with E-state index in [2.05, 4.69) is 62.2 Å². The minimum absolute atomic E-state index is 0.247. The Morgan fingerprint density at radius 1 is 1.23 bits per heavy atom. The van der Waals surface area contributed by atoms with E-state index in [9.17, 15) is 4.39 Å². The summed E-state index contributed by atoms with van der Waals surface area (Å²) in [5.74, 6) is 0.928. The fourth-order valence-corrected chi connectivity index (χ4v) is 3.43. The van der Waals surface area contributed by atoms with Gasteiger partial charge in [-0.1, -0.05) is 31.6 Å².